The van der Waals surface area contributed by atoms with Gasteiger partial charge in [0.1, 0.15) is 19.0 Å². The summed E-state index contributed by atoms with van der Waals surface area (Å²) in [5, 5.41) is 2.76. The Hall–Kier alpha value is -2.60. The molecule has 0 bridgehead atoms. The molecule has 0 aliphatic carbocycles. The molecule has 0 aromatic heterocycles. The maximum atomic E-state index is 13.6. The van der Waals surface area contributed by atoms with Crippen molar-refractivity contribution < 1.29 is 18.7 Å². The molecule has 0 radical (unpaired) electrons. The molecule has 0 unspecified atom stereocenters. The lowest BCUT2D eigenvalue weighted by Crippen LogP contribution is -2.39. The van der Waals surface area contributed by atoms with E-state index in [9.17, 15) is 9.18 Å². The highest BCUT2D eigenvalue weighted by molar-refractivity contribution is 5.94. The fourth-order valence-electron chi connectivity index (χ4n) is 2.73. The zero-order valence-corrected chi connectivity index (χ0v) is 15.2. The van der Waals surface area contributed by atoms with Gasteiger partial charge in [0.05, 0.1) is 6.04 Å². The zero-order valence-electron chi connectivity index (χ0n) is 15.2. The minimum Gasteiger partial charge on any atom is -0.486 e. The molecule has 0 saturated carbocycles. The normalized spacial score (nSPS) is 14.2. The predicted octanol–water partition coefficient (Wildman–Crippen LogP) is 3.36. The molecule has 6 heteroatoms. The first-order chi connectivity index (χ1) is 12.4. The molecule has 138 valence electrons. The summed E-state index contributed by atoms with van der Waals surface area (Å²) in [5.74, 6) is 0.956. The molecule has 5 nitrogen and oxygen atoms in total. The summed E-state index contributed by atoms with van der Waals surface area (Å²) in [6, 6.07) is 10.1. The van der Waals surface area contributed by atoms with Gasteiger partial charge in [0.25, 0.3) is 0 Å². The van der Waals surface area contributed by atoms with Gasteiger partial charge in [-0.1, -0.05) is 12.1 Å². The van der Waals surface area contributed by atoms with E-state index in [4.69, 9.17) is 9.47 Å². The van der Waals surface area contributed by atoms with Crippen molar-refractivity contribution >= 4 is 11.6 Å². The number of hydrogen-bond acceptors (Lipinski definition) is 4. The Bertz CT molecular complexity index is 810. The van der Waals surface area contributed by atoms with Gasteiger partial charge < -0.3 is 14.8 Å². The number of carbonyl (C=O) groups is 1. The van der Waals surface area contributed by atoms with Crippen molar-refractivity contribution in [2.75, 3.05) is 25.6 Å². The highest BCUT2D eigenvalue weighted by Gasteiger charge is 2.20. The quantitative estimate of drug-likeness (QED) is 0.890. The molecule has 1 amide bonds. The van der Waals surface area contributed by atoms with Crippen LogP contribution in [0.4, 0.5) is 10.1 Å². The molecule has 0 spiro atoms. The first kappa shape index (κ1) is 18.2. The lowest BCUT2D eigenvalue weighted by molar-refractivity contribution is -0.120. The Morgan fingerprint density at radius 3 is 2.65 bits per heavy atom. The van der Waals surface area contributed by atoms with E-state index in [0.717, 1.165) is 17.1 Å². The monoisotopic (exact) mass is 358 g/mol. The number of fused-ring (bicyclic) bond motifs is 1. The Labute approximate surface area is 152 Å². The molecule has 0 fully saturated rings. The van der Waals surface area contributed by atoms with Gasteiger partial charge >= 0.3 is 0 Å². The van der Waals surface area contributed by atoms with Gasteiger partial charge in [-0.2, -0.15) is 0 Å². The minimum absolute atomic E-state index is 0.187. The summed E-state index contributed by atoms with van der Waals surface area (Å²) in [6.45, 7) is 5.18. The van der Waals surface area contributed by atoms with Crippen molar-refractivity contribution in [3.63, 3.8) is 0 Å². The smallest absolute Gasteiger partial charge is 0.241 e. The number of ether oxygens (including phenoxy) is 2. The number of anilines is 1. The van der Waals surface area contributed by atoms with Gasteiger partial charge in [-0.15, -0.1) is 0 Å². The third-order valence-electron chi connectivity index (χ3n) is 4.52. The van der Waals surface area contributed by atoms with Crippen LogP contribution in [-0.2, 0) is 11.3 Å². The lowest BCUT2D eigenvalue weighted by atomic mass is 10.1. The van der Waals surface area contributed by atoms with Crippen LogP contribution in [0.1, 0.15) is 18.1 Å². The molecular formula is C20H23FN2O3. The zero-order chi connectivity index (χ0) is 18.7. The van der Waals surface area contributed by atoms with Crippen LogP contribution < -0.4 is 14.8 Å². The van der Waals surface area contributed by atoms with Crippen molar-refractivity contribution in [1.82, 2.24) is 4.90 Å². The third-order valence-corrected chi connectivity index (χ3v) is 4.52. The number of carbonyl (C=O) groups excluding carboxylic acids is 1. The fraction of sp³-hybridized carbons (Fsp3) is 0.350. The van der Waals surface area contributed by atoms with E-state index in [0.29, 0.717) is 31.0 Å². The second-order valence-electron chi connectivity index (χ2n) is 6.52. The van der Waals surface area contributed by atoms with Gasteiger partial charge in [0, 0.05) is 12.2 Å². The average Bonchev–Trinajstić information content (AvgIpc) is 2.64. The van der Waals surface area contributed by atoms with E-state index in [1.54, 1.807) is 19.1 Å². The van der Waals surface area contributed by atoms with Gasteiger partial charge in [-0.05, 0) is 56.3 Å². The van der Waals surface area contributed by atoms with Crippen molar-refractivity contribution in [2.24, 2.45) is 0 Å². The van der Waals surface area contributed by atoms with Crippen molar-refractivity contribution in [3.05, 3.63) is 53.3 Å². The minimum atomic E-state index is -0.382. The van der Waals surface area contributed by atoms with E-state index in [2.05, 4.69) is 5.32 Å². The fourth-order valence-corrected chi connectivity index (χ4v) is 2.73. The number of amides is 1. The number of likely N-dealkylation sites (N-methyl/N-ethyl adjacent to an activating group) is 1. The highest BCUT2D eigenvalue weighted by atomic mass is 19.1. The molecule has 3 rings (SSSR count). The first-order valence-corrected chi connectivity index (χ1v) is 8.60. The molecule has 2 aromatic carbocycles. The molecule has 1 aliphatic heterocycles. The summed E-state index contributed by atoms with van der Waals surface area (Å²) >= 11 is 0. The van der Waals surface area contributed by atoms with Gasteiger partial charge in [0.15, 0.2) is 11.5 Å². The average molecular weight is 358 g/mol. The summed E-state index contributed by atoms with van der Waals surface area (Å²) in [6.07, 6.45) is 0. The molecule has 1 heterocycles. The Morgan fingerprint density at radius 2 is 1.92 bits per heavy atom. The number of halogens is 1. The molecule has 1 aliphatic rings. The SMILES string of the molecule is Cc1ccc(NC(=O)[C@H](C)N(C)Cc2ccc3c(c2)OCCO3)cc1F. The number of aryl methyl sites for hydroxylation is 1. The van der Waals surface area contributed by atoms with E-state index >= 15 is 0 Å². The molecular weight excluding hydrogens is 335 g/mol. The molecule has 0 saturated heterocycles. The summed E-state index contributed by atoms with van der Waals surface area (Å²) in [5.41, 5.74) is 2.03. The second kappa shape index (κ2) is 7.74. The number of hydrogen-bond donors (Lipinski definition) is 1. The largest absolute Gasteiger partial charge is 0.486 e. The van der Waals surface area contributed by atoms with E-state index in [1.165, 1.54) is 6.07 Å². The van der Waals surface area contributed by atoms with Crippen molar-refractivity contribution in [2.45, 2.75) is 26.4 Å². The van der Waals surface area contributed by atoms with E-state index in [1.807, 2.05) is 37.1 Å². The maximum absolute atomic E-state index is 13.6. The van der Waals surface area contributed by atoms with Crippen LogP contribution in [0, 0.1) is 12.7 Å². The standard InChI is InChI=1S/C20H23FN2O3/c1-13-4-6-16(11-17(13)21)22-20(24)14(2)23(3)12-15-5-7-18-19(10-15)26-9-8-25-18/h4-7,10-11,14H,8-9,12H2,1-3H3,(H,22,24)/t14-/m0/s1. The van der Waals surface area contributed by atoms with Crippen molar-refractivity contribution in [3.8, 4) is 11.5 Å². The number of nitrogens with one attached hydrogen (secondary N) is 1. The molecule has 2 aromatic rings. The first-order valence-electron chi connectivity index (χ1n) is 8.60. The van der Waals surface area contributed by atoms with Crippen LogP contribution in [0.2, 0.25) is 0 Å². The van der Waals surface area contributed by atoms with Crippen molar-refractivity contribution in [1.29, 1.82) is 0 Å². The van der Waals surface area contributed by atoms with Gasteiger partial charge in [0.2, 0.25) is 5.91 Å². The van der Waals surface area contributed by atoms with Gasteiger partial charge in [-0.3, -0.25) is 9.69 Å². The second-order valence-corrected chi connectivity index (χ2v) is 6.52. The topological polar surface area (TPSA) is 50.8 Å². The Balaban J connectivity index is 1.62. The van der Waals surface area contributed by atoms with Gasteiger partial charge in [-0.25, -0.2) is 4.39 Å². The number of benzene rings is 2. The van der Waals surface area contributed by atoms with Crippen LogP contribution in [-0.4, -0.2) is 37.1 Å². The summed E-state index contributed by atoms with van der Waals surface area (Å²) in [4.78, 5) is 14.4. The summed E-state index contributed by atoms with van der Waals surface area (Å²) in [7, 11) is 1.87. The van der Waals surface area contributed by atoms with Crippen LogP contribution >= 0.6 is 0 Å². The summed E-state index contributed by atoms with van der Waals surface area (Å²) < 4.78 is 24.7. The van der Waals surface area contributed by atoms with Crippen LogP contribution in [0.15, 0.2) is 36.4 Å². The van der Waals surface area contributed by atoms with Crippen LogP contribution in [0.5, 0.6) is 11.5 Å². The highest BCUT2D eigenvalue weighted by Crippen LogP contribution is 2.31. The number of rotatable bonds is 5. The van der Waals surface area contributed by atoms with E-state index < -0.39 is 0 Å². The van der Waals surface area contributed by atoms with E-state index in [-0.39, 0.29) is 17.8 Å². The molecule has 1 atom stereocenters. The maximum Gasteiger partial charge on any atom is 0.241 e. The van der Waals surface area contributed by atoms with Crippen LogP contribution in [0.3, 0.4) is 0 Å². The Kier molecular flexibility index (Phi) is 5.42. The predicted molar refractivity (Wildman–Crippen MR) is 98.1 cm³/mol. The lowest BCUT2D eigenvalue weighted by Gasteiger charge is -2.25. The number of nitrogens with zero attached hydrogens (tertiary/aromatic N) is 1. The molecule has 1 N–H and O–H groups in total. The van der Waals surface area contributed by atoms with Crippen LogP contribution in [0.25, 0.3) is 0 Å². The third kappa shape index (κ3) is 4.14. The molecule has 26 heavy (non-hydrogen) atoms. The Morgan fingerprint density at radius 1 is 1.19 bits per heavy atom.